The van der Waals surface area contributed by atoms with Gasteiger partial charge in [-0.1, -0.05) is 12.1 Å². The number of amides is 1. The first-order valence-corrected chi connectivity index (χ1v) is 8.44. The Bertz CT molecular complexity index is 512. The Labute approximate surface area is 133 Å². The predicted octanol–water partition coefficient (Wildman–Crippen LogP) is 2.84. The molecule has 3 rings (SSSR count). The summed E-state index contributed by atoms with van der Waals surface area (Å²) >= 11 is 0. The van der Waals surface area contributed by atoms with Crippen molar-refractivity contribution in [1.29, 1.82) is 0 Å². The number of rotatable bonds is 4. The molecular formula is C18H26N2O2. The second kappa shape index (κ2) is 7.14. The number of carbonyl (C=O) groups is 1. The summed E-state index contributed by atoms with van der Waals surface area (Å²) in [5.41, 5.74) is 1.27. The second-order valence-corrected chi connectivity index (χ2v) is 6.35. The van der Waals surface area contributed by atoms with Gasteiger partial charge in [0.25, 0.3) is 0 Å². The summed E-state index contributed by atoms with van der Waals surface area (Å²) in [7, 11) is 1.70. The normalized spacial score (nSPS) is 22.8. The van der Waals surface area contributed by atoms with Crippen LogP contribution in [0.4, 0.5) is 0 Å². The van der Waals surface area contributed by atoms with Gasteiger partial charge in [-0.15, -0.1) is 0 Å². The van der Waals surface area contributed by atoms with E-state index >= 15 is 0 Å². The van der Waals surface area contributed by atoms with Gasteiger partial charge in [0.2, 0.25) is 5.91 Å². The van der Waals surface area contributed by atoms with E-state index in [0.29, 0.717) is 18.5 Å². The average Bonchev–Trinajstić information content (AvgIpc) is 3.04. The summed E-state index contributed by atoms with van der Waals surface area (Å²) in [6.07, 6.45) is 5.87. The highest BCUT2D eigenvalue weighted by Crippen LogP contribution is 2.33. The van der Waals surface area contributed by atoms with Gasteiger partial charge in [0.1, 0.15) is 5.75 Å². The van der Waals surface area contributed by atoms with E-state index in [-0.39, 0.29) is 0 Å². The molecule has 4 heteroatoms. The average molecular weight is 302 g/mol. The summed E-state index contributed by atoms with van der Waals surface area (Å²) in [6.45, 7) is 3.45. The maximum absolute atomic E-state index is 12.5. The SMILES string of the molecule is COc1cccc([C@H]2CCCN2CC(=O)N2CCCCC2)c1. The molecule has 0 bridgehead atoms. The number of piperidine rings is 1. The number of benzene rings is 1. The molecule has 22 heavy (non-hydrogen) atoms. The van der Waals surface area contributed by atoms with Gasteiger partial charge in [0.15, 0.2) is 0 Å². The Hall–Kier alpha value is -1.55. The van der Waals surface area contributed by atoms with Crippen LogP contribution in [0.3, 0.4) is 0 Å². The first kappa shape index (κ1) is 15.3. The molecule has 2 fully saturated rings. The number of likely N-dealkylation sites (tertiary alicyclic amines) is 2. The summed E-state index contributed by atoms with van der Waals surface area (Å²) in [5, 5.41) is 0. The van der Waals surface area contributed by atoms with E-state index in [4.69, 9.17) is 4.74 Å². The Kier molecular flexibility index (Phi) is 4.98. The molecule has 0 saturated carbocycles. The highest BCUT2D eigenvalue weighted by molar-refractivity contribution is 5.78. The summed E-state index contributed by atoms with van der Waals surface area (Å²) in [4.78, 5) is 16.9. The highest BCUT2D eigenvalue weighted by Gasteiger charge is 2.29. The van der Waals surface area contributed by atoms with E-state index in [1.54, 1.807) is 7.11 Å². The first-order chi connectivity index (χ1) is 10.8. The molecule has 0 unspecified atom stereocenters. The molecule has 2 aliphatic heterocycles. The number of carbonyl (C=O) groups excluding carboxylic acids is 1. The molecule has 0 aromatic heterocycles. The third-order valence-electron chi connectivity index (χ3n) is 4.89. The molecule has 1 atom stereocenters. The smallest absolute Gasteiger partial charge is 0.236 e. The molecule has 2 heterocycles. The molecule has 2 saturated heterocycles. The molecule has 2 aliphatic rings. The van der Waals surface area contributed by atoms with Crippen molar-refractivity contribution in [3.05, 3.63) is 29.8 Å². The van der Waals surface area contributed by atoms with Crippen LogP contribution in [0.15, 0.2) is 24.3 Å². The number of ether oxygens (including phenoxy) is 1. The molecule has 0 spiro atoms. The van der Waals surface area contributed by atoms with Crippen molar-refractivity contribution in [3.63, 3.8) is 0 Å². The zero-order valence-corrected chi connectivity index (χ0v) is 13.5. The van der Waals surface area contributed by atoms with Crippen molar-refractivity contribution in [2.45, 2.75) is 38.1 Å². The number of hydrogen-bond donors (Lipinski definition) is 0. The van der Waals surface area contributed by atoms with Crippen LogP contribution in [0.25, 0.3) is 0 Å². The van der Waals surface area contributed by atoms with Gasteiger partial charge >= 0.3 is 0 Å². The van der Waals surface area contributed by atoms with E-state index in [0.717, 1.165) is 51.1 Å². The van der Waals surface area contributed by atoms with Gasteiger partial charge in [0, 0.05) is 19.1 Å². The number of methoxy groups -OCH3 is 1. The zero-order chi connectivity index (χ0) is 15.4. The Balaban J connectivity index is 1.66. The van der Waals surface area contributed by atoms with Crippen molar-refractivity contribution in [2.24, 2.45) is 0 Å². The van der Waals surface area contributed by atoms with Crippen molar-refractivity contribution in [2.75, 3.05) is 33.3 Å². The van der Waals surface area contributed by atoms with Gasteiger partial charge in [-0.05, 0) is 56.3 Å². The molecule has 1 aromatic carbocycles. The number of hydrogen-bond acceptors (Lipinski definition) is 3. The fourth-order valence-corrected chi connectivity index (χ4v) is 3.66. The van der Waals surface area contributed by atoms with Crippen molar-refractivity contribution >= 4 is 5.91 Å². The molecule has 120 valence electrons. The van der Waals surface area contributed by atoms with Crippen LogP contribution in [0, 0.1) is 0 Å². The highest BCUT2D eigenvalue weighted by atomic mass is 16.5. The van der Waals surface area contributed by atoms with Crippen LogP contribution in [-0.4, -0.2) is 49.0 Å². The maximum atomic E-state index is 12.5. The van der Waals surface area contributed by atoms with Crippen LogP contribution in [0.1, 0.15) is 43.7 Å². The topological polar surface area (TPSA) is 32.8 Å². The van der Waals surface area contributed by atoms with Crippen molar-refractivity contribution in [3.8, 4) is 5.75 Å². The lowest BCUT2D eigenvalue weighted by Gasteiger charge is -2.31. The fraction of sp³-hybridized carbons (Fsp3) is 0.611. The van der Waals surface area contributed by atoms with Gasteiger partial charge in [-0.3, -0.25) is 9.69 Å². The van der Waals surface area contributed by atoms with Gasteiger partial charge in [-0.25, -0.2) is 0 Å². The molecule has 1 amide bonds. The molecule has 0 radical (unpaired) electrons. The Morgan fingerprint density at radius 2 is 2.00 bits per heavy atom. The summed E-state index contributed by atoms with van der Waals surface area (Å²) in [5.74, 6) is 1.20. The first-order valence-electron chi connectivity index (χ1n) is 8.44. The van der Waals surface area contributed by atoms with Crippen LogP contribution in [0.5, 0.6) is 5.75 Å². The van der Waals surface area contributed by atoms with E-state index in [1.165, 1.54) is 12.0 Å². The Morgan fingerprint density at radius 1 is 1.18 bits per heavy atom. The molecule has 4 nitrogen and oxygen atoms in total. The third kappa shape index (κ3) is 3.43. The van der Waals surface area contributed by atoms with E-state index in [1.807, 2.05) is 17.0 Å². The van der Waals surface area contributed by atoms with Crippen LogP contribution in [0.2, 0.25) is 0 Å². The quantitative estimate of drug-likeness (QED) is 0.857. The van der Waals surface area contributed by atoms with Crippen LogP contribution < -0.4 is 4.74 Å². The minimum atomic E-state index is 0.300. The lowest BCUT2D eigenvalue weighted by atomic mass is 10.0. The lowest BCUT2D eigenvalue weighted by molar-refractivity contribution is -0.133. The molecule has 1 aromatic rings. The zero-order valence-electron chi connectivity index (χ0n) is 13.5. The molecular weight excluding hydrogens is 276 g/mol. The second-order valence-electron chi connectivity index (χ2n) is 6.35. The minimum absolute atomic E-state index is 0.300. The lowest BCUT2D eigenvalue weighted by Crippen LogP contribution is -2.42. The van der Waals surface area contributed by atoms with Crippen molar-refractivity contribution in [1.82, 2.24) is 9.80 Å². The van der Waals surface area contributed by atoms with Crippen LogP contribution >= 0.6 is 0 Å². The van der Waals surface area contributed by atoms with Gasteiger partial charge in [0.05, 0.1) is 13.7 Å². The molecule has 0 N–H and O–H groups in total. The third-order valence-corrected chi connectivity index (χ3v) is 4.89. The van der Waals surface area contributed by atoms with Gasteiger partial charge < -0.3 is 9.64 Å². The Morgan fingerprint density at radius 3 is 2.77 bits per heavy atom. The predicted molar refractivity (Wildman–Crippen MR) is 87.0 cm³/mol. The van der Waals surface area contributed by atoms with E-state index in [2.05, 4.69) is 17.0 Å². The molecule has 0 aliphatic carbocycles. The summed E-state index contributed by atoms with van der Waals surface area (Å²) < 4.78 is 5.33. The largest absolute Gasteiger partial charge is 0.497 e. The monoisotopic (exact) mass is 302 g/mol. The van der Waals surface area contributed by atoms with E-state index < -0.39 is 0 Å². The van der Waals surface area contributed by atoms with E-state index in [9.17, 15) is 4.79 Å². The summed E-state index contributed by atoms with van der Waals surface area (Å²) in [6, 6.07) is 8.62. The van der Waals surface area contributed by atoms with Crippen molar-refractivity contribution < 1.29 is 9.53 Å². The fourth-order valence-electron chi connectivity index (χ4n) is 3.66. The minimum Gasteiger partial charge on any atom is -0.497 e. The maximum Gasteiger partial charge on any atom is 0.236 e. The van der Waals surface area contributed by atoms with Gasteiger partial charge in [-0.2, -0.15) is 0 Å². The number of nitrogens with zero attached hydrogens (tertiary/aromatic N) is 2. The standard InChI is InChI=1S/C18H26N2O2/c1-22-16-8-5-7-15(13-16)17-9-6-12-20(17)14-18(21)19-10-3-2-4-11-19/h5,7-8,13,17H,2-4,6,9-12,14H2,1H3/t17-/m1/s1. The van der Waals surface area contributed by atoms with Crippen LogP contribution in [-0.2, 0) is 4.79 Å².